The first-order valence-corrected chi connectivity index (χ1v) is 10.7. The molecule has 1 atom stereocenters. The third kappa shape index (κ3) is 5.14. The number of carbonyl (C=O) groups is 1. The van der Waals surface area contributed by atoms with Crippen LogP contribution < -0.4 is 10.3 Å². The van der Waals surface area contributed by atoms with Gasteiger partial charge in [-0.25, -0.2) is 9.78 Å². The highest BCUT2D eigenvalue weighted by Gasteiger charge is 2.17. The third-order valence-electron chi connectivity index (χ3n) is 4.46. The van der Waals surface area contributed by atoms with E-state index in [9.17, 15) is 9.59 Å². The summed E-state index contributed by atoms with van der Waals surface area (Å²) in [6.45, 7) is 5.47. The van der Waals surface area contributed by atoms with Gasteiger partial charge in [0.2, 0.25) is 0 Å². The molecule has 162 valence electrons. The van der Waals surface area contributed by atoms with Gasteiger partial charge in [0.25, 0.3) is 5.56 Å². The Morgan fingerprint density at radius 2 is 1.97 bits per heavy atom. The van der Waals surface area contributed by atoms with Crippen molar-refractivity contribution < 1.29 is 14.3 Å². The van der Waals surface area contributed by atoms with Crippen LogP contribution in [-0.2, 0) is 9.53 Å². The number of rotatable bonds is 6. The molecule has 0 radical (unpaired) electrons. The number of benzene rings is 2. The molecule has 1 heterocycles. The van der Waals surface area contributed by atoms with Crippen molar-refractivity contribution in [1.82, 2.24) is 9.66 Å². The lowest BCUT2D eigenvalue weighted by Crippen LogP contribution is -2.25. The fraction of sp³-hybridized carbons (Fsp3) is 0.273. The van der Waals surface area contributed by atoms with E-state index >= 15 is 0 Å². The van der Waals surface area contributed by atoms with Crippen LogP contribution in [0.15, 0.2) is 50.8 Å². The summed E-state index contributed by atoms with van der Waals surface area (Å²) in [6.07, 6.45) is 0.732. The fourth-order valence-corrected chi connectivity index (χ4v) is 3.47. The lowest BCUT2D eigenvalue weighted by Gasteiger charge is -2.14. The van der Waals surface area contributed by atoms with Gasteiger partial charge < -0.3 is 9.47 Å². The summed E-state index contributed by atoms with van der Waals surface area (Å²) in [7, 11) is 1.29. The van der Waals surface area contributed by atoms with Gasteiger partial charge in [0.15, 0.2) is 6.10 Å². The first-order chi connectivity index (χ1) is 14.7. The van der Waals surface area contributed by atoms with Crippen LogP contribution in [0.5, 0.6) is 5.75 Å². The lowest BCUT2D eigenvalue weighted by molar-refractivity contribution is -0.147. The van der Waals surface area contributed by atoms with Crippen LogP contribution in [0.1, 0.15) is 38.1 Å². The van der Waals surface area contributed by atoms with E-state index in [4.69, 9.17) is 16.3 Å². The molecule has 0 bridgehead atoms. The van der Waals surface area contributed by atoms with Gasteiger partial charge in [-0.15, -0.1) is 0 Å². The van der Waals surface area contributed by atoms with Gasteiger partial charge >= 0.3 is 5.97 Å². The molecule has 0 saturated heterocycles. The predicted molar refractivity (Wildman–Crippen MR) is 124 cm³/mol. The minimum atomic E-state index is -0.794. The zero-order valence-corrected chi connectivity index (χ0v) is 19.8. The van der Waals surface area contributed by atoms with Crippen molar-refractivity contribution in [2.75, 3.05) is 7.11 Å². The smallest absolute Gasteiger partial charge is 0.346 e. The molecular weight excluding hydrogens is 486 g/mol. The van der Waals surface area contributed by atoms with Crippen molar-refractivity contribution in [2.45, 2.75) is 32.8 Å². The van der Waals surface area contributed by atoms with E-state index in [0.29, 0.717) is 33.1 Å². The number of carbonyl (C=O) groups excluding carboxylic acids is 1. The molecule has 0 spiro atoms. The van der Waals surface area contributed by atoms with Gasteiger partial charge in [0.1, 0.15) is 11.6 Å². The molecule has 7 nitrogen and oxygen atoms in total. The number of hydrogen-bond donors (Lipinski definition) is 0. The SMILES string of the molecule is COC(=O)[C@@H](C)Oc1ccc(C=Nn2c(C(C)C)nc3ccc(Br)cc3c2=O)cc1Cl. The molecule has 0 fully saturated rings. The van der Waals surface area contributed by atoms with Crippen molar-refractivity contribution in [3.63, 3.8) is 0 Å². The Morgan fingerprint density at radius 3 is 2.61 bits per heavy atom. The van der Waals surface area contributed by atoms with Crippen molar-refractivity contribution in [3.05, 3.63) is 67.6 Å². The average Bonchev–Trinajstić information content (AvgIpc) is 2.74. The van der Waals surface area contributed by atoms with Crippen LogP contribution in [0.2, 0.25) is 5.02 Å². The van der Waals surface area contributed by atoms with Gasteiger partial charge in [-0.05, 0) is 48.9 Å². The zero-order chi connectivity index (χ0) is 22.7. The Bertz CT molecular complexity index is 1220. The number of nitrogens with zero attached hydrogens (tertiary/aromatic N) is 3. The molecule has 31 heavy (non-hydrogen) atoms. The Balaban J connectivity index is 1.97. The molecule has 0 unspecified atom stereocenters. The van der Waals surface area contributed by atoms with Gasteiger partial charge in [-0.1, -0.05) is 41.4 Å². The third-order valence-corrected chi connectivity index (χ3v) is 5.25. The fourth-order valence-electron chi connectivity index (χ4n) is 2.87. The van der Waals surface area contributed by atoms with E-state index in [2.05, 4.69) is 30.8 Å². The summed E-state index contributed by atoms with van der Waals surface area (Å²) in [5.41, 5.74) is 1.01. The van der Waals surface area contributed by atoms with Crippen LogP contribution >= 0.6 is 27.5 Å². The van der Waals surface area contributed by atoms with Crippen LogP contribution in [0.3, 0.4) is 0 Å². The number of ether oxygens (including phenoxy) is 2. The molecule has 0 aliphatic rings. The first-order valence-electron chi connectivity index (χ1n) is 9.52. The molecule has 0 N–H and O–H groups in total. The summed E-state index contributed by atoms with van der Waals surface area (Å²) in [5.74, 6) is 0.373. The van der Waals surface area contributed by atoms with Crippen LogP contribution in [-0.4, -0.2) is 35.1 Å². The molecule has 9 heteroatoms. The second-order valence-electron chi connectivity index (χ2n) is 7.12. The molecule has 3 aromatic rings. The number of aromatic nitrogens is 2. The molecular formula is C22H21BrClN3O4. The molecule has 2 aromatic carbocycles. The topological polar surface area (TPSA) is 82.8 Å². The average molecular weight is 507 g/mol. The zero-order valence-electron chi connectivity index (χ0n) is 17.4. The van der Waals surface area contributed by atoms with E-state index in [1.165, 1.54) is 18.0 Å². The maximum absolute atomic E-state index is 13.1. The first kappa shape index (κ1) is 23.0. The summed E-state index contributed by atoms with van der Waals surface area (Å²) < 4.78 is 12.3. The number of fused-ring (bicyclic) bond motifs is 1. The summed E-state index contributed by atoms with van der Waals surface area (Å²) in [4.78, 5) is 29.2. The molecule has 0 saturated carbocycles. The standard InChI is InChI=1S/C22H21BrClN3O4/c1-12(2)20-26-18-7-6-15(23)10-16(18)21(28)27(20)25-11-14-5-8-19(17(24)9-14)31-13(3)22(29)30-4/h5-13H,1-4H3/t13-/m1/s1. The monoisotopic (exact) mass is 505 g/mol. The van der Waals surface area contributed by atoms with Crippen molar-refractivity contribution in [2.24, 2.45) is 5.10 Å². The van der Waals surface area contributed by atoms with Crippen molar-refractivity contribution in [3.8, 4) is 5.75 Å². The quantitative estimate of drug-likeness (QED) is 0.356. The predicted octanol–water partition coefficient (Wildman–Crippen LogP) is 4.76. The van der Waals surface area contributed by atoms with E-state index in [1.807, 2.05) is 19.9 Å². The second-order valence-corrected chi connectivity index (χ2v) is 8.44. The maximum Gasteiger partial charge on any atom is 0.346 e. The van der Waals surface area contributed by atoms with E-state index in [1.54, 1.807) is 37.3 Å². The maximum atomic E-state index is 13.1. The van der Waals surface area contributed by atoms with Crippen LogP contribution in [0.25, 0.3) is 10.9 Å². The number of halogens is 2. The molecule has 0 amide bonds. The molecule has 0 aliphatic carbocycles. The second kappa shape index (κ2) is 9.62. The van der Waals surface area contributed by atoms with Gasteiger partial charge in [-0.3, -0.25) is 4.79 Å². The van der Waals surface area contributed by atoms with Crippen LogP contribution in [0.4, 0.5) is 0 Å². The van der Waals surface area contributed by atoms with E-state index < -0.39 is 12.1 Å². The summed E-state index contributed by atoms with van der Waals surface area (Å²) in [6, 6.07) is 10.4. The molecule has 0 aliphatic heterocycles. The number of esters is 1. The van der Waals surface area contributed by atoms with E-state index in [0.717, 1.165) is 4.47 Å². The Morgan fingerprint density at radius 1 is 1.23 bits per heavy atom. The highest BCUT2D eigenvalue weighted by atomic mass is 79.9. The minimum Gasteiger partial charge on any atom is -0.477 e. The van der Waals surface area contributed by atoms with Crippen molar-refractivity contribution >= 4 is 50.6 Å². The Kier molecular flexibility index (Phi) is 7.12. The number of methoxy groups -OCH3 is 1. The van der Waals surface area contributed by atoms with Gasteiger partial charge in [-0.2, -0.15) is 9.78 Å². The summed E-state index contributed by atoms with van der Waals surface area (Å²) >= 11 is 9.68. The Hall–Kier alpha value is -2.71. The Labute approximate surface area is 192 Å². The lowest BCUT2D eigenvalue weighted by atomic mass is 10.2. The van der Waals surface area contributed by atoms with Crippen molar-refractivity contribution in [1.29, 1.82) is 0 Å². The summed E-state index contributed by atoms with van der Waals surface area (Å²) in [5, 5.41) is 5.15. The van der Waals surface area contributed by atoms with Gasteiger partial charge in [0, 0.05) is 10.4 Å². The van der Waals surface area contributed by atoms with Gasteiger partial charge in [0.05, 0.1) is 29.2 Å². The molecule has 3 rings (SSSR count). The largest absolute Gasteiger partial charge is 0.477 e. The highest BCUT2D eigenvalue weighted by Crippen LogP contribution is 2.26. The van der Waals surface area contributed by atoms with E-state index in [-0.39, 0.29) is 11.5 Å². The highest BCUT2D eigenvalue weighted by molar-refractivity contribution is 9.10. The normalized spacial score (nSPS) is 12.5. The van der Waals surface area contributed by atoms with Crippen LogP contribution in [0, 0.1) is 0 Å². The minimum absolute atomic E-state index is 0.0166. The number of hydrogen-bond acceptors (Lipinski definition) is 6. The molecule has 1 aromatic heterocycles.